The second-order valence-corrected chi connectivity index (χ2v) is 4.69. The van der Waals surface area contributed by atoms with Gasteiger partial charge in [-0.15, -0.1) is 0 Å². The minimum atomic E-state index is 0.300. The molecule has 0 aromatic carbocycles. The van der Waals surface area contributed by atoms with E-state index in [1.54, 1.807) is 12.3 Å². The fourth-order valence-corrected chi connectivity index (χ4v) is 2.21. The summed E-state index contributed by atoms with van der Waals surface area (Å²) < 4.78 is 5.35. The lowest BCUT2D eigenvalue weighted by Crippen LogP contribution is -2.08. The molecule has 0 amide bonds. The molecule has 1 saturated heterocycles. The number of aryl methyl sites for hydroxylation is 1. The number of nitrogens with one attached hydrogen (secondary N) is 1. The van der Waals surface area contributed by atoms with E-state index in [1.165, 1.54) is 0 Å². The molecule has 3 heterocycles. The van der Waals surface area contributed by atoms with E-state index in [4.69, 9.17) is 4.52 Å². The Morgan fingerprint density at radius 1 is 1.33 bits per heavy atom. The van der Waals surface area contributed by atoms with Crippen LogP contribution >= 0.6 is 0 Å². The first-order valence-electron chi connectivity index (χ1n) is 6.08. The number of rotatable bonds is 2. The van der Waals surface area contributed by atoms with E-state index in [9.17, 15) is 0 Å². The van der Waals surface area contributed by atoms with Crippen LogP contribution in [0.15, 0.2) is 16.8 Å². The van der Waals surface area contributed by atoms with Gasteiger partial charge in [0.2, 0.25) is 11.7 Å². The van der Waals surface area contributed by atoms with Crippen molar-refractivity contribution < 1.29 is 4.52 Å². The smallest absolute Gasteiger partial charge is 0.231 e. The third-order valence-electron chi connectivity index (χ3n) is 3.28. The Morgan fingerprint density at radius 2 is 2.22 bits per heavy atom. The minimum Gasteiger partial charge on any atom is -0.339 e. The second kappa shape index (κ2) is 4.45. The average molecular weight is 245 g/mol. The second-order valence-electron chi connectivity index (χ2n) is 4.69. The van der Waals surface area contributed by atoms with Gasteiger partial charge >= 0.3 is 0 Å². The third kappa shape index (κ3) is 1.99. The molecule has 3 rings (SSSR count). The van der Waals surface area contributed by atoms with Gasteiger partial charge in [0.1, 0.15) is 11.5 Å². The summed E-state index contributed by atoms with van der Waals surface area (Å²) in [6.45, 7) is 5.91. The molecule has 94 valence electrons. The van der Waals surface area contributed by atoms with E-state index in [-0.39, 0.29) is 0 Å². The Hall–Kier alpha value is -1.82. The quantitative estimate of drug-likeness (QED) is 0.855. The monoisotopic (exact) mass is 245 g/mol. The van der Waals surface area contributed by atoms with Crippen LogP contribution in [0.4, 0.5) is 0 Å². The van der Waals surface area contributed by atoms with Gasteiger partial charge in [-0.3, -0.25) is 0 Å². The van der Waals surface area contributed by atoms with Crippen molar-refractivity contribution in [3.63, 3.8) is 0 Å². The standard InChI is InChI=1S/C12H15N5O/c1-7-5-13-6-9(7)12-16-11(17-18-12)10-3-4-14-8(2)15-10/h3-4,7,9,13H,5-6H2,1-2H3. The van der Waals surface area contributed by atoms with Crippen LogP contribution in [0.5, 0.6) is 0 Å². The SMILES string of the molecule is Cc1nccc(-c2noc(C3CNCC3C)n2)n1. The van der Waals surface area contributed by atoms with Crippen molar-refractivity contribution in [1.29, 1.82) is 0 Å². The van der Waals surface area contributed by atoms with Crippen LogP contribution in [-0.4, -0.2) is 33.2 Å². The zero-order valence-electron chi connectivity index (χ0n) is 10.4. The highest BCUT2D eigenvalue weighted by Gasteiger charge is 2.29. The molecule has 2 atom stereocenters. The molecule has 6 nitrogen and oxygen atoms in total. The van der Waals surface area contributed by atoms with Crippen molar-refractivity contribution in [1.82, 2.24) is 25.4 Å². The van der Waals surface area contributed by atoms with Crippen LogP contribution in [0.25, 0.3) is 11.5 Å². The van der Waals surface area contributed by atoms with Crippen molar-refractivity contribution in [3.05, 3.63) is 24.0 Å². The van der Waals surface area contributed by atoms with E-state index in [0.29, 0.717) is 35.1 Å². The summed E-state index contributed by atoms with van der Waals surface area (Å²) in [7, 11) is 0. The minimum absolute atomic E-state index is 0.300. The van der Waals surface area contributed by atoms with Gasteiger partial charge in [-0.2, -0.15) is 4.98 Å². The predicted molar refractivity (Wildman–Crippen MR) is 64.8 cm³/mol. The van der Waals surface area contributed by atoms with Crippen LogP contribution in [0.2, 0.25) is 0 Å². The topological polar surface area (TPSA) is 76.7 Å². The summed E-state index contributed by atoms with van der Waals surface area (Å²) in [5.41, 5.74) is 0.705. The fourth-order valence-electron chi connectivity index (χ4n) is 2.21. The van der Waals surface area contributed by atoms with Crippen LogP contribution in [0, 0.1) is 12.8 Å². The largest absolute Gasteiger partial charge is 0.339 e. The predicted octanol–water partition coefficient (Wildman–Crippen LogP) is 1.16. The maximum Gasteiger partial charge on any atom is 0.231 e. The van der Waals surface area contributed by atoms with E-state index in [2.05, 4.69) is 32.3 Å². The molecule has 0 saturated carbocycles. The highest BCUT2D eigenvalue weighted by molar-refractivity contribution is 5.47. The van der Waals surface area contributed by atoms with Crippen LogP contribution in [0.1, 0.15) is 24.6 Å². The molecule has 1 aliphatic rings. The van der Waals surface area contributed by atoms with E-state index in [1.807, 2.05) is 6.92 Å². The van der Waals surface area contributed by atoms with Gasteiger partial charge in [-0.25, -0.2) is 9.97 Å². The maximum absolute atomic E-state index is 5.35. The molecule has 1 fully saturated rings. The normalized spacial score (nSPS) is 23.4. The van der Waals surface area contributed by atoms with Gasteiger partial charge in [0.25, 0.3) is 0 Å². The van der Waals surface area contributed by atoms with Crippen molar-refractivity contribution >= 4 is 0 Å². The molecule has 1 aliphatic heterocycles. The van der Waals surface area contributed by atoms with Crippen LogP contribution < -0.4 is 5.32 Å². The van der Waals surface area contributed by atoms with E-state index >= 15 is 0 Å². The Balaban J connectivity index is 1.89. The summed E-state index contributed by atoms with van der Waals surface area (Å²) in [5.74, 6) is 2.75. The van der Waals surface area contributed by atoms with Gasteiger partial charge in [-0.05, 0) is 25.5 Å². The van der Waals surface area contributed by atoms with Gasteiger partial charge in [0, 0.05) is 12.7 Å². The molecule has 18 heavy (non-hydrogen) atoms. The van der Waals surface area contributed by atoms with Crippen LogP contribution in [0.3, 0.4) is 0 Å². The molecule has 2 aromatic heterocycles. The molecular formula is C12H15N5O. The highest BCUT2D eigenvalue weighted by Crippen LogP contribution is 2.27. The van der Waals surface area contributed by atoms with Gasteiger partial charge < -0.3 is 9.84 Å². The highest BCUT2D eigenvalue weighted by atomic mass is 16.5. The Bertz CT molecular complexity index is 553. The molecule has 0 aliphatic carbocycles. The summed E-state index contributed by atoms with van der Waals surface area (Å²) in [5, 5.41) is 7.33. The van der Waals surface area contributed by atoms with Gasteiger partial charge in [0.15, 0.2) is 0 Å². The van der Waals surface area contributed by atoms with E-state index < -0.39 is 0 Å². The van der Waals surface area contributed by atoms with Gasteiger partial charge in [0.05, 0.1) is 5.92 Å². The van der Waals surface area contributed by atoms with Crippen molar-refractivity contribution in [3.8, 4) is 11.5 Å². The van der Waals surface area contributed by atoms with Crippen molar-refractivity contribution in [2.75, 3.05) is 13.1 Å². The summed E-state index contributed by atoms with van der Waals surface area (Å²) in [4.78, 5) is 12.8. The Morgan fingerprint density at radius 3 is 2.94 bits per heavy atom. The first-order valence-corrected chi connectivity index (χ1v) is 6.08. The number of nitrogens with zero attached hydrogens (tertiary/aromatic N) is 4. The van der Waals surface area contributed by atoms with Crippen molar-refractivity contribution in [2.24, 2.45) is 5.92 Å². The zero-order valence-corrected chi connectivity index (χ0v) is 10.4. The van der Waals surface area contributed by atoms with Crippen molar-refractivity contribution in [2.45, 2.75) is 19.8 Å². The first kappa shape index (κ1) is 11.3. The molecular weight excluding hydrogens is 230 g/mol. The average Bonchev–Trinajstić information content (AvgIpc) is 2.97. The number of hydrogen-bond donors (Lipinski definition) is 1. The first-order chi connectivity index (χ1) is 8.74. The summed E-state index contributed by atoms with van der Waals surface area (Å²) in [6, 6.07) is 1.79. The lowest BCUT2D eigenvalue weighted by atomic mass is 9.98. The summed E-state index contributed by atoms with van der Waals surface area (Å²) in [6.07, 6.45) is 1.70. The molecule has 2 aromatic rings. The summed E-state index contributed by atoms with van der Waals surface area (Å²) >= 11 is 0. The molecule has 0 bridgehead atoms. The van der Waals surface area contributed by atoms with Gasteiger partial charge in [-0.1, -0.05) is 12.1 Å². The zero-order chi connectivity index (χ0) is 12.5. The molecule has 2 unspecified atom stereocenters. The molecule has 0 radical (unpaired) electrons. The van der Waals surface area contributed by atoms with Crippen LogP contribution in [-0.2, 0) is 0 Å². The lowest BCUT2D eigenvalue weighted by Gasteiger charge is -2.07. The fraction of sp³-hybridized carbons (Fsp3) is 0.500. The third-order valence-corrected chi connectivity index (χ3v) is 3.28. The van der Waals surface area contributed by atoms with E-state index in [0.717, 1.165) is 13.1 Å². The number of hydrogen-bond acceptors (Lipinski definition) is 6. The number of aromatic nitrogens is 4. The molecule has 1 N–H and O–H groups in total. The Kier molecular flexibility index (Phi) is 2.79. The lowest BCUT2D eigenvalue weighted by molar-refractivity contribution is 0.340. The Labute approximate surface area is 105 Å². The molecule has 0 spiro atoms. The maximum atomic E-state index is 5.35. The molecule has 6 heteroatoms.